The Morgan fingerprint density at radius 1 is 1.43 bits per heavy atom. The highest BCUT2D eigenvalue weighted by atomic mass is 16.3. The van der Waals surface area contributed by atoms with E-state index >= 15 is 0 Å². The van der Waals surface area contributed by atoms with Gasteiger partial charge in [-0.15, -0.1) is 0 Å². The number of fused-ring (bicyclic) bond motifs is 1. The van der Waals surface area contributed by atoms with Crippen LogP contribution in [-0.2, 0) is 26.6 Å². The lowest BCUT2D eigenvalue weighted by molar-refractivity contribution is 0.0967. The summed E-state index contributed by atoms with van der Waals surface area (Å²) in [6.07, 6.45) is 6.72. The van der Waals surface area contributed by atoms with Crippen LogP contribution in [0.5, 0.6) is 0 Å². The zero-order chi connectivity index (χ0) is 15.0. The van der Waals surface area contributed by atoms with E-state index in [4.69, 9.17) is 0 Å². The Balaban J connectivity index is 1.77. The average molecular weight is 289 g/mol. The first-order valence-corrected chi connectivity index (χ1v) is 7.45. The van der Waals surface area contributed by atoms with E-state index in [1.807, 2.05) is 24.3 Å². The van der Waals surface area contributed by atoms with Crippen LogP contribution in [-0.4, -0.2) is 42.0 Å². The molecule has 1 atom stereocenters. The summed E-state index contributed by atoms with van der Waals surface area (Å²) in [5.41, 5.74) is 3.54. The smallest absolute Gasteiger partial charge is 0.0949 e. The molecule has 6 nitrogen and oxygen atoms in total. The minimum atomic E-state index is 0.148. The number of hydrogen-bond donors (Lipinski definition) is 1. The molecule has 0 aliphatic carbocycles. The number of rotatable bonds is 4. The highest BCUT2D eigenvalue weighted by Crippen LogP contribution is 2.23. The van der Waals surface area contributed by atoms with E-state index in [0.717, 1.165) is 25.2 Å². The number of aliphatic hydroxyl groups is 1. The predicted octanol–water partition coefficient (Wildman–Crippen LogP) is 1.12. The molecular formula is C15H23N5O. The molecule has 1 N–H and O–H groups in total. The molecule has 1 aliphatic heterocycles. The Bertz CT molecular complexity index is 615. The number of aromatic nitrogens is 4. The van der Waals surface area contributed by atoms with Crippen LogP contribution < -0.4 is 0 Å². The van der Waals surface area contributed by atoms with Gasteiger partial charge in [0.15, 0.2) is 0 Å². The number of aryl methyl sites for hydroxylation is 1. The zero-order valence-corrected chi connectivity index (χ0v) is 12.9. The summed E-state index contributed by atoms with van der Waals surface area (Å²) in [5.74, 6) is 0. The van der Waals surface area contributed by atoms with Gasteiger partial charge in [0.2, 0.25) is 0 Å². The van der Waals surface area contributed by atoms with Crippen LogP contribution in [0.4, 0.5) is 0 Å². The summed E-state index contributed by atoms with van der Waals surface area (Å²) >= 11 is 0. The molecule has 0 saturated heterocycles. The molecule has 3 rings (SSSR count). The first-order chi connectivity index (χ1) is 10.1. The van der Waals surface area contributed by atoms with Crippen molar-refractivity contribution in [3.8, 4) is 0 Å². The molecule has 0 radical (unpaired) electrons. The van der Waals surface area contributed by atoms with Crippen molar-refractivity contribution in [2.75, 3.05) is 6.61 Å². The fourth-order valence-corrected chi connectivity index (χ4v) is 2.91. The molecule has 114 valence electrons. The summed E-state index contributed by atoms with van der Waals surface area (Å²) in [6.45, 7) is 5.99. The van der Waals surface area contributed by atoms with Gasteiger partial charge in [-0.05, 0) is 13.8 Å². The topological polar surface area (TPSA) is 59.1 Å². The van der Waals surface area contributed by atoms with Crippen LogP contribution in [0.2, 0.25) is 0 Å². The third-order valence-electron chi connectivity index (χ3n) is 4.22. The van der Waals surface area contributed by atoms with Crippen molar-refractivity contribution in [2.24, 2.45) is 7.05 Å². The van der Waals surface area contributed by atoms with E-state index in [0.29, 0.717) is 6.04 Å². The Morgan fingerprint density at radius 2 is 2.24 bits per heavy atom. The van der Waals surface area contributed by atoms with Gasteiger partial charge in [0.05, 0.1) is 24.8 Å². The van der Waals surface area contributed by atoms with Crippen LogP contribution in [0.1, 0.15) is 36.8 Å². The van der Waals surface area contributed by atoms with Gasteiger partial charge >= 0.3 is 0 Å². The van der Waals surface area contributed by atoms with Crippen LogP contribution in [0.15, 0.2) is 18.7 Å². The lowest BCUT2D eigenvalue weighted by atomic mass is 10.0. The van der Waals surface area contributed by atoms with E-state index in [-0.39, 0.29) is 12.6 Å². The third kappa shape index (κ3) is 2.73. The Hall–Kier alpha value is -1.66. The van der Waals surface area contributed by atoms with Gasteiger partial charge in [-0.1, -0.05) is 0 Å². The maximum Gasteiger partial charge on any atom is 0.0949 e. The van der Waals surface area contributed by atoms with Gasteiger partial charge in [-0.2, -0.15) is 5.10 Å². The van der Waals surface area contributed by atoms with Gasteiger partial charge < -0.3 is 9.67 Å². The van der Waals surface area contributed by atoms with Crippen LogP contribution in [0, 0.1) is 0 Å². The lowest BCUT2D eigenvalue weighted by Crippen LogP contribution is -2.42. The van der Waals surface area contributed by atoms with E-state index in [1.165, 1.54) is 11.3 Å². The molecule has 2 aromatic heterocycles. The molecule has 0 unspecified atom stereocenters. The number of nitrogens with zero attached hydrogens (tertiary/aromatic N) is 5. The number of imidazole rings is 1. The zero-order valence-electron chi connectivity index (χ0n) is 12.9. The second-order valence-corrected chi connectivity index (χ2v) is 6.12. The van der Waals surface area contributed by atoms with Crippen LogP contribution >= 0.6 is 0 Å². The predicted molar refractivity (Wildman–Crippen MR) is 79.6 cm³/mol. The van der Waals surface area contributed by atoms with Crippen molar-refractivity contribution in [1.29, 1.82) is 0 Å². The largest absolute Gasteiger partial charge is 0.395 e. The molecule has 1 aliphatic rings. The minimum absolute atomic E-state index is 0.148. The van der Waals surface area contributed by atoms with Crippen LogP contribution in [0.3, 0.4) is 0 Å². The van der Waals surface area contributed by atoms with Crippen molar-refractivity contribution in [3.63, 3.8) is 0 Å². The summed E-state index contributed by atoms with van der Waals surface area (Å²) < 4.78 is 4.03. The second-order valence-electron chi connectivity index (χ2n) is 6.12. The van der Waals surface area contributed by atoms with E-state index in [9.17, 15) is 5.11 Å². The highest BCUT2D eigenvalue weighted by molar-refractivity contribution is 5.19. The first kappa shape index (κ1) is 14.3. The van der Waals surface area contributed by atoms with Gasteiger partial charge in [0.1, 0.15) is 0 Å². The molecule has 0 aromatic carbocycles. The molecule has 6 heteroatoms. The molecule has 0 saturated carbocycles. The lowest BCUT2D eigenvalue weighted by Gasteiger charge is -2.34. The molecule has 0 fully saturated rings. The molecule has 21 heavy (non-hydrogen) atoms. The Morgan fingerprint density at radius 3 is 2.90 bits per heavy atom. The number of aliphatic hydroxyl groups excluding tert-OH is 1. The van der Waals surface area contributed by atoms with Gasteiger partial charge in [-0.3, -0.25) is 9.58 Å². The summed E-state index contributed by atoms with van der Waals surface area (Å²) in [6, 6.07) is 0.520. The third-order valence-corrected chi connectivity index (χ3v) is 4.22. The van der Waals surface area contributed by atoms with Crippen molar-refractivity contribution in [2.45, 2.75) is 45.4 Å². The van der Waals surface area contributed by atoms with Crippen molar-refractivity contribution in [1.82, 2.24) is 24.2 Å². The molecule has 0 amide bonds. The average Bonchev–Trinajstić information content (AvgIpc) is 3.06. The molecule has 2 aromatic rings. The second kappa shape index (κ2) is 5.61. The number of hydrogen-bond acceptors (Lipinski definition) is 4. The quantitative estimate of drug-likeness (QED) is 0.916. The highest BCUT2D eigenvalue weighted by Gasteiger charge is 2.28. The first-order valence-electron chi connectivity index (χ1n) is 7.45. The summed E-state index contributed by atoms with van der Waals surface area (Å²) in [5, 5.41) is 14.1. The SMILES string of the molecule is CC(C)n1cc(CN2Cc3ncn(C)c3C[C@@H]2CO)cn1. The maximum absolute atomic E-state index is 9.69. The Labute approximate surface area is 125 Å². The fraction of sp³-hybridized carbons (Fsp3) is 0.600. The monoisotopic (exact) mass is 289 g/mol. The summed E-state index contributed by atoms with van der Waals surface area (Å²) in [7, 11) is 2.02. The summed E-state index contributed by atoms with van der Waals surface area (Å²) in [4.78, 5) is 6.76. The van der Waals surface area contributed by atoms with Crippen LogP contribution in [0.25, 0.3) is 0 Å². The Kier molecular flexibility index (Phi) is 3.82. The molecular weight excluding hydrogens is 266 g/mol. The van der Waals surface area contributed by atoms with Gasteiger partial charge in [0, 0.05) is 56.1 Å². The molecule has 0 bridgehead atoms. The standard InChI is InChI=1S/C15H23N5O/c1-11(2)20-7-12(5-17-20)6-19-8-14-15(4-13(19)9-21)18(3)10-16-14/h5,7,10-11,13,21H,4,6,8-9H2,1-3H3/t13-/m1/s1. The minimum Gasteiger partial charge on any atom is -0.395 e. The van der Waals surface area contributed by atoms with Crippen molar-refractivity contribution >= 4 is 0 Å². The van der Waals surface area contributed by atoms with Crippen molar-refractivity contribution in [3.05, 3.63) is 35.7 Å². The van der Waals surface area contributed by atoms with Crippen molar-refractivity contribution < 1.29 is 5.11 Å². The van der Waals surface area contributed by atoms with Gasteiger partial charge in [-0.25, -0.2) is 4.98 Å². The molecule has 0 spiro atoms. The van der Waals surface area contributed by atoms with E-state index < -0.39 is 0 Å². The fourth-order valence-electron chi connectivity index (χ4n) is 2.91. The normalized spacial score (nSPS) is 19.2. The van der Waals surface area contributed by atoms with Gasteiger partial charge in [0.25, 0.3) is 0 Å². The maximum atomic E-state index is 9.69. The van der Waals surface area contributed by atoms with E-state index in [2.05, 4.69) is 39.6 Å². The molecule has 3 heterocycles. The van der Waals surface area contributed by atoms with E-state index in [1.54, 1.807) is 0 Å².